The number of nitrogens with two attached hydrogens (primary N) is 1. The molecule has 0 bridgehead atoms. The molecule has 1 heterocycles. The monoisotopic (exact) mass is 202 g/mol. The zero-order valence-electron chi connectivity index (χ0n) is 9.00. The molecule has 1 spiro atoms. The van der Waals surface area contributed by atoms with Crippen LogP contribution in [-0.4, -0.2) is 13.1 Å². The van der Waals surface area contributed by atoms with Gasteiger partial charge in [-0.05, 0) is 48.9 Å². The van der Waals surface area contributed by atoms with Crippen LogP contribution in [0.2, 0.25) is 0 Å². The predicted octanol–water partition coefficient (Wildman–Crippen LogP) is 1.71. The van der Waals surface area contributed by atoms with Gasteiger partial charge in [0.1, 0.15) is 0 Å². The third kappa shape index (κ3) is 1.32. The molecule has 1 aliphatic carbocycles. The van der Waals surface area contributed by atoms with E-state index >= 15 is 0 Å². The van der Waals surface area contributed by atoms with Crippen molar-refractivity contribution in [2.24, 2.45) is 5.73 Å². The molecule has 0 saturated carbocycles. The lowest BCUT2D eigenvalue weighted by Gasteiger charge is -2.35. The summed E-state index contributed by atoms with van der Waals surface area (Å²) < 4.78 is 0. The summed E-state index contributed by atoms with van der Waals surface area (Å²) in [4.78, 5) is 0. The Morgan fingerprint density at radius 2 is 1.93 bits per heavy atom. The Morgan fingerprint density at radius 3 is 2.73 bits per heavy atom. The fraction of sp³-hybridized carbons (Fsp3) is 0.538. The van der Waals surface area contributed by atoms with E-state index < -0.39 is 0 Å². The second kappa shape index (κ2) is 3.32. The largest absolute Gasteiger partial charge is 0.324 e. The van der Waals surface area contributed by atoms with Crippen LogP contribution in [0.4, 0.5) is 0 Å². The number of hydrogen-bond donors (Lipinski definition) is 2. The zero-order valence-corrected chi connectivity index (χ0v) is 9.00. The first-order valence-corrected chi connectivity index (χ1v) is 5.88. The molecule has 0 unspecified atom stereocenters. The molecule has 1 atom stereocenters. The first kappa shape index (κ1) is 9.37. The maximum atomic E-state index is 6.23. The smallest absolute Gasteiger partial charge is 0.0306 e. The molecule has 2 aliphatic rings. The number of rotatable bonds is 0. The van der Waals surface area contributed by atoms with E-state index in [1.807, 2.05) is 0 Å². The van der Waals surface area contributed by atoms with E-state index in [1.165, 1.54) is 24.0 Å². The van der Waals surface area contributed by atoms with Gasteiger partial charge in [-0.25, -0.2) is 0 Å². The van der Waals surface area contributed by atoms with Gasteiger partial charge in [-0.1, -0.05) is 24.3 Å². The Labute approximate surface area is 90.9 Å². The van der Waals surface area contributed by atoms with Crippen molar-refractivity contribution in [2.45, 2.75) is 30.7 Å². The molecule has 3 N–H and O–H groups in total. The van der Waals surface area contributed by atoms with E-state index in [-0.39, 0.29) is 6.04 Å². The lowest BCUT2D eigenvalue weighted by atomic mass is 9.74. The normalized spacial score (nSPS) is 27.9. The Bertz CT molecular complexity index is 367. The standard InChI is InChI=1S/C13H18N2/c14-12-9-13(5-7-15-8-6-13)11-4-2-1-3-10(11)12/h1-4,12,15H,5-9,14H2/t12-/m1/s1. The van der Waals surface area contributed by atoms with Crippen LogP contribution in [0.5, 0.6) is 0 Å². The van der Waals surface area contributed by atoms with E-state index in [1.54, 1.807) is 0 Å². The van der Waals surface area contributed by atoms with Gasteiger partial charge in [0.15, 0.2) is 0 Å². The molecule has 15 heavy (non-hydrogen) atoms. The van der Waals surface area contributed by atoms with Crippen molar-refractivity contribution in [2.75, 3.05) is 13.1 Å². The highest BCUT2D eigenvalue weighted by Gasteiger charge is 2.42. The zero-order chi connectivity index (χ0) is 10.3. The average molecular weight is 202 g/mol. The molecule has 1 aromatic carbocycles. The highest BCUT2D eigenvalue weighted by molar-refractivity contribution is 5.42. The Hall–Kier alpha value is -0.860. The van der Waals surface area contributed by atoms with Gasteiger partial charge in [0.25, 0.3) is 0 Å². The molecule has 1 aliphatic heterocycles. The van der Waals surface area contributed by atoms with Crippen molar-refractivity contribution in [1.29, 1.82) is 0 Å². The first-order valence-electron chi connectivity index (χ1n) is 5.88. The van der Waals surface area contributed by atoms with Gasteiger partial charge in [-0.2, -0.15) is 0 Å². The molecule has 3 rings (SSSR count). The minimum absolute atomic E-state index is 0.263. The Balaban J connectivity index is 2.06. The second-order valence-corrected chi connectivity index (χ2v) is 4.93. The summed E-state index contributed by atoms with van der Waals surface area (Å²) in [6.07, 6.45) is 3.64. The van der Waals surface area contributed by atoms with Crippen LogP contribution in [0.3, 0.4) is 0 Å². The van der Waals surface area contributed by atoms with Gasteiger partial charge in [0, 0.05) is 6.04 Å². The van der Waals surface area contributed by atoms with Crippen LogP contribution in [0.15, 0.2) is 24.3 Å². The van der Waals surface area contributed by atoms with Crippen LogP contribution in [0, 0.1) is 0 Å². The van der Waals surface area contributed by atoms with Crippen molar-refractivity contribution < 1.29 is 0 Å². The third-order valence-electron chi connectivity index (χ3n) is 4.10. The van der Waals surface area contributed by atoms with Crippen molar-refractivity contribution in [3.8, 4) is 0 Å². The van der Waals surface area contributed by atoms with Crippen LogP contribution >= 0.6 is 0 Å². The van der Waals surface area contributed by atoms with Crippen molar-refractivity contribution in [1.82, 2.24) is 5.32 Å². The van der Waals surface area contributed by atoms with E-state index in [0.29, 0.717) is 5.41 Å². The number of piperidine rings is 1. The highest BCUT2D eigenvalue weighted by atomic mass is 14.9. The number of hydrogen-bond acceptors (Lipinski definition) is 2. The summed E-state index contributed by atoms with van der Waals surface area (Å²) in [7, 11) is 0. The number of nitrogens with one attached hydrogen (secondary N) is 1. The van der Waals surface area contributed by atoms with E-state index in [9.17, 15) is 0 Å². The predicted molar refractivity (Wildman–Crippen MR) is 61.8 cm³/mol. The molecule has 2 heteroatoms. The first-order chi connectivity index (χ1) is 7.32. The maximum absolute atomic E-state index is 6.23. The van der Waals surface area contributed by atoms with Crippen molar-refractivity contribution >= 4 is 0 Å². The van der Waals surface area contributed by atoms with Gasteiger partial charge in [0.2, 0.25) is 0 Å². The summed E-state index contributed by atoms with van der Waals surface area (Å²) in [5.41, 5.74) is 9.54. The molecule has 0 amide bonds. The minimum Gasteiger partial charge on any atom is -0.324 e. The molecule has 1 aromatic rings. The Kier molecular flexibility index (Phi) is 2.08. The summed E-state index contributed by atoms with van der Waals surface area (Å²) in [5, 5.41) is 3.44. The molecule has 0 aromatic heterocycles. The lowest BCUT2D eigenvalue weighted by Crippen LogP contribution is -2.38. The summed E-state index contributed by atoms with van der Waals surface area (Å²) in [6, 6.07) is 9.02. The summed E-state index contributed by atoms with van der Waals surface area (Å²) in [5.74, 6) is 0. The van der Waals surface area contributed by atoms with Crippen LogP contribution in [0.25, 0.3) is 0 Å². The van der Waals surface area contributed by atoms with Crippen molar-refractivity contribution in [3.05, 3.63) is 35.4 Å². The van der Waals surface area contributed by atoms with Crippen LogP contribution < -0.4 is 11.1 Å². The average Bonchev–Trinajstić information content (AvgIpc) is 2.55. The molecule has 1 fully saturated rings. The third-order valence-corrected chi connectivity index (χ3v) is 4.10. The topological polar surface area (TPSA) is 38.0 Å². The SMILES string of the molecule is N[C@@H]1CC2(CCNCC2)c2ccccc21. The quantitative estimate of drug-likeness (QED) is 0.672. The van der Waals surface area contributed by atoms with Gasteiger partial charge < -0.3 is 11.1 Å². The van der Waals surface area contributed by atoms with Crippen LogP contribution in [0.1, 0.15) is 36.4 Å². The molecular weight excluding hydrogens is 184 g/mol. The van der Waals surface area contributed by atoms with Gasteiger partial charge in [-0.15, -0.1) is 0 Å². The van der Waals surface area contributed by atoms with Gasteiger partial charge in [0.05, 0.1) is 0 Å². The fourth-order valence-electron chi connectivity index (χ4n) is 3.32. The number of fused-ring (bicyclic) bond motifs is 2. The van der Waals surface area contributed by atoms with E-state index in [4.69, 9.17) is 5.73 Å². The van der Waals surface area contributed by atoms with Gasteiger partial charge in [-0.3, -0.25) is 0 Å². The molecule has 2 nitrogen and oxygen atoms in total. The van der Waals surface area contributed by atoms with Gasteiger partial charge >= 0.3 is 0 Å². The van der Waals surface area contributed by atoms with E-state index in [0.717, 1.165) is 19.5 Å². The minimum atomic E-state index is 0.263. The Morgan fingerprint density at radius 1 is 1.20 bits per heavy atom. The fourth-order valence-corrected chi connectivity index (χ4v) is 3.32. The van der Waals surface area contributed by atoms with Crippen LogP contribution in [-0.2, 0) is 5.41 Å². The van der Waals surface area contributed by atoms with Crippen molar-refractivity contribution in [3.63, 3.8) is 0 Å². The summed E-state index contributed by atoms with van der Waals surface area (Å²) in [6.45, 7) is 2.28. The summed E-state index contributed by atoms with van der Waals surface area (Å²) >= 11 is 0. The van der Waals surface area contributed by atoms with E-state index in [2.05, 4.69) is 29.6 Å². The molecule has 0 radical (unpaired) electrons. The molecular formula is C13H18N2. The lowest BCUT2D eigenvalue weighted by molar-refractivity contribution is 0.294. The maximum Gasteiger partial charge on any atom is 0.0306 e. The highest BCUT2D eigenvalue weighted by Crippen LogP contribution is 2.48. The second-order valence-electron chi connectivity index (χ2n) is 4.93. The number of benzene rings is 1. The molecule has 80 valence electrons. The molecule has 1 saturated heterocycles.